The van der Waals surface area contributed by atoms with Crippen LogP contribution in [0.3, 0.4) is 0 Å². The van der Waals surface area contributed by atoms with Crippen LogP contribution in [0.5, 0.6) is 0 Å². The topological polar surface area (TPSA) is 53.3 Å². The third-order valence-electron chi connectivity index (χ3n) is 1.81. The van der Waals surface area contributed by atoms with Gasteiger partial charge in [0.05, 0.1) is 12.7 Å². The molecule has 0 saturated carbocycles. The largest absolute Gasteiger partial charge is 0.380 e. The maximum Gasteiger partial charge on any atom is 0.236 e. The van der Waals surface area contributed by atoms with Gasteiger partial charge >= 0.3 is 0 Å². The molecule has 0 unspecified atom stereocenters. The average Bonchev–Trinajstić information content (AvgIpc) is 2.32. The molecule has 0 atom stereocenters. The second-order valence-corrected chi connectivity index (χ2v) is 2.68. The normalized spacial score (nSPS) is 18.1. The van der Waals surface area contributed by atoms with Gasteiger partial charge in [-0.1, -0.05) is 0 Å². The van der Waals surface area contributed by atoms with Crippen LogP contribution in [0.15, 0.2) is 0 Å². The van der Waals surface area contributed by atoms with Crippen LogP contribution in [0.1, 0.15) is 12.8 Å². The Hall–Kier alpha value is -1.08. The van der Waals surface area contributed by atoms with E-state index in [1.807, 2.05) is 6.07 Å². The summed E-state index contributed by atoms with van der Waals surface area (Å²) in [6.45, 7) is 2.66. The maximum absolute atomic E-state index is 11.2. The van der Waals surface area contributed by atoms with Crippen LogP contribution in [0.4, 0.5) is 0 Å². The smallest absolute Gasteiger partial charge is 0.236 e. The number of carbonyl (C=O) groups excluding carboxylic acids is 1. The zero-order valence-electron chi connectivity index (χ0n) is 6.95. The highest BCUT2D eigenvalue weighted by Crippen LogP contribution is 2.00. The van der Waals surface area contributed by atoms with Gasteiger partial charge in [-0.05, 0) is 6.42 Å². The Morgan fingerprint density at radius 2 is 2.33 bits per heavy atom. The number of hydrogen-bond donors (Lipinski definition) is 0. The summed E-state index contributed by atoms with van der Waals surface area (Å²) in [5, 5.41) is 8.31. The molecule has 1 saturated heterocycles. The molecular weight excluding hydrogens is 156 g/mol. The molecule has 0 spiro atoms. The zero-order chi connectivity index (χ0) is 8.81. The van der Waals surface area contributed by atoms with Crippen LogP contribution in [0.25, 0.3) is 0 Å². The van der Waals surface area contributed by atoms with Crippen molar-refractivity contribution in [3.63, 3.8) is 0 Å². The van der Waals surface area contributed by atoms with Crippen molar-refractivity contribution >= 4 is 5.91 Å². The molecule has 12 heavy (non-hydrogen) atoms. The molecule has 66 valence electrons. The zero-order valence-corrected chi connectivity index (χ0v) is 6.95. The minimum atomic E-state index is -0.0806. The van der Waals surface area contributed by atoms with Crippen LogP contribution in [-0.4, -0.2) is 37.1 Å². The van der Waals surface area contributed by atoms with Crippen LogP contribution in [0, 0.1) is 11.3 Å². The van der Waals surface area contributed by atoms with Gasteiger partial charge in [0.25, 0.3) is 0 Å². The molecular formula is C8H12N2O2. The summed E-state index contributed by atoms with van der Waals surface area (Å²) in [5.74, 6) is -0.0806. The van der Waals surface area contributed by atoms with Gasteiger partial charge in [0.15, 0.2) is 0 Å². The van der Waals surface area contributed by atoms with Crippen molar-refractivity contribution in [3.8, 4) is 6.07 Å². The third-order valence-corrected chi connectivity index (χ3v) is 1.81. The highest BCUT2D eigenvalue weighted by Gasteiger charge is 2.14. The van der Waals surface area contributed by atoms with Crippen LogP contribution in [-0.2, 0) is 9.53 Å². The molecule has 4 heteroatoms. The Morgan fingerprint density at radius 3 is 3.08 bits per heavy atom. The highest BCUT2D eigenvalue weighted by molar-refractivity contribution is 5.78. The van der Waals surface area contributed by atoms with E-state index in [0.717, 1.165) is 19.6 Å². The molecule has 4 nitrogen and oxygen atoms in total. The molecule has 0 aromatic rings. The Bertz CT molecular complexity index is 190. The lowest BCUT2D eigenvalue weighted by molar-refractivity contribution is -0.130. The second-order valence-electron chi connectivity index (χ2n) is 2.68. The van der Waals surface area contributed by atoms with Gasteiger partial charge in [-0.15, -0.1) is 0 Å². The summed E-state index contributed by atoms with van der Waals surface area (Å²) in [6, 6.07) is 1.85. The van der Waals surface area contributed by atoms with Gasteiger partial charge in [-0.2, -0.15) is 5.26 Å². The standard InChI is InChI=1S/C8H12N2O2/c9-3-2-8(11)10-4-1-6-12-7-5-10/h1-2,4-7H2. The summed E-state index contributed by atoms with van der Waals surface area (Å²) in [7, 11) is 0. The fourth-order valence-electron chi connectivity index (χ4n) is 1.17. The molecule has 0 aliphatic carbocycles. The van der Waals surface area contributed by atoms with Crippen LogP contribution >= 0.6 is 0 Å². The summed E-state index contributed by atoms with van der Waals surface area (Å²) >= 11 is 0. The molecule has 0 N–H and O–H groups in total. The lowest BCUT2D eigenvalue weighted by Gasteiger charge is -2.17. The number of amides is 1. The first-order valence-electron chi connectivity index (χ1n) is 4.07. The molecule has 0 bridgehead atoms. The number of nitriles is 1. The van der Waals surface area contributed by atoms with Crippen molar-refractivity contribution in [1.82, 2.24) is 4.90 Å². The number of carbonyl (C=O) groups is 1. The molecule has 1 heterocycles. The molecule has 0 radical (unpaired) electrons. The first-order valence-corrected chi connectivity index (χ1v) is 4.07. The summed E-state index contributed by atoms with van der Waals surface area (Å²) in [5.41, 5.74) is 0. The maximum atomic E-state index is 11.2. The van der Waals surface area contributed by atoms with Crippen molar-refractivity contribution in [2.45, 2.75) is 12.8 Å². The van der Waals surface area contributed by atoms with E-state index in [0.29, 0.717) is 13.2 Å². The number of ether oxygens (including phenoxy) is 1. The Morgan fingerprint density at radius 1 is 1.50 bits per heavy atom. The first-order chi connectivity index (χ1) is 5.84. The second kappa shape index (κ2) is 4.73. The van der Waals surface area contributed by atoms with Crippen molar-refractivity contribution in [3.05, 3.63) is 0 Å². The fraction of sp³-hybridized carbons (Fsp3) is 0.750. The van der Waals surface area contributed by atoms with Gasteiger partial charge in [0, 0.05) is 19.7 Å². The average molecular weight is 168 g/mol. The number of nitrogens with zero attached hydrogens (tertiary/aromatic N) is 2. The molecule has 0 aromatic carbocycles. The van der Waals surface area contributed by atoms with E-state index in [1.54, 1.807) is 4.90 Å². The highest BCUT2D eigenvalue weighted by atomic mass is 16.5. The Labute approximate surface area is 71.7 Å². The summed E-state index contributed by atoms with van der Waals surface area (Å²) < 4.78 is 5.18. The Balaban J connectivity index is 2.38. The van der Waals surface area contributed by atoms with E-state index in [2.05, 4.69) is 0 Å². The fourth-order valence-corrected chi connectivity index (χ4v) is 1.17. The lowest BCUT2D eigenvalue weighted by Crippen LogP contribution is -2.32. The van der Waals surface area contributed by atoms with Crippen molar-refractivity contribution in [2.24, 2.45) is 0 Å². The van der Waals surface area contributed by atoms with Gasteiger partial charge < -0.3 is 9.64 Å². The van der Waals surface area contributed by atoms with E-state index in [4.69, 9.17) is 10.00 Å². The summed E-state index contributed by atoms with van der Waals surface area (Å²) in [4.78, 5) is 12.9. The van der Waals surface area contributed by atoms with E-state index >= 15 is 0 Å². The quantitative estimate of drug-likeness (QED) is 0.560. The van der Waals surface area contributed by atoms with Gasteiger partial charge in [-0.25, -0.2) is 0 Å². The van der Waals surface area contributed by atoms with Gasteiger partial charge in [0.2, 0.25) is 5.91 Å². The van der Waals surface area contributed by atoms with E-state index in [1.165, 1.54) is 0 Å². The predicted octanol–water partition coefficient (Wildman–Crippen LogP) is 0.149. The third kappa shape index (κ3) is 2.51. The van der Waals surface area contributed by atoms with E-state index in [9.17, 15) is 4.79 Å². The minimum Gasteiger partial charge on any atom is -0.380 e. The molecule has 1 fully saturated rings. The van der Waals surface area contributed by atoms with Crippen molar-refractivity contribution < 1.29 is 9.53 Å². The van der Waals surface area contributed by atoms with Crippen LogP contribution in [0.2, 0.25) is 0 Å². The SMILES string of the molecule is N#CCC(=O)N1CCCOCC1. The molecule has 1 aliphatic rings. The first kappa shape index (κ1) is 9.01. The monoisotopic (exact) mass is 168 g/mol. The molecule has 0 aromatic heterocycles. The van der Waals surface area contributed by atoms with E-state index in [-0.39, 0.29) is 12.3 Å². The van der Waals surface area contributed by atoms with Gasteiger partial charge in [0.1, 0.15) is 6.42 Å². The predicted molar refractivity (Wildman–Crippen MR) is 42.2 cm³/mol. The molecule has 1 rings (SSSR count). The molecule has 1 amide bonds. The lowest BCUT2D eigenvalue weighted by atomic mass is 10.3. The summed E-state index contributed by atoms with van der Waals surface area (Å²) in [6.07, 6.45) is 0.858. The number of rotatable bonds is 1. The number of hydrogen-bond acceptors (Lipinski definition) is 3. The minimum absolute atomic E-state index is 0.0139. The van der Waals surface area contributed by atoms with Gasteiger partial charge in [-0.3, -0.25) is 4.79 Å². The van der Waals surface area contributed by atoms with E-state index < -0.39 is 0 Å². The van der Waals surface area contributed by atoms with Crippen molar-refractivity contribution in [1.29, 1.82) is 5.26 Å². The molecule has 1 aliphatic heterocycles. The van der Waals surface area contributed by atoms with Crippen LogP contribution < -0.4 is 0 Å². The van der Waals surface area contributed by atoms with Crippen molar-refractivity contribution in [2.75, 3.05) is 26.3 Å². The Kier molecular flexibility index (Phi) is 3.55.